The van der Waals surface area contributed by atoms with Crippen molar-refractivity contribution in [2.75, 3.05) is 10.6 Å². The summed E-state index contributed by atoms with van der Waals surface area (Å²) in [5, 5.41) is 15.1. The Balaban J connectivity index is 1.77. The van der Waals surface area contributed by atoms with E-state index in [9.17, 15) is 9.90 Å². The number of nitrogens with zero attached hydrogens (tertiary/aromatic N) is 3. The number of aliphatic hydroxyl groups excluding tert-OH is 1. The zero-order valence-electron chi connectivity index (χ0n) is 12.7. The lowest BCUT2D eigenvalue weighted by Gasteiger charge is -2.09. The van der Waals surface area contributed by atoms with Crippen LogP contribution in [0.4, 0.5) is 17.3 Å². The van der Waals surface area contributed by atoms with Crippen molar-refractivity contribution in [3.05, 3.63) is 72.3 Å². The van der Waals surface area contributed by atoms with Crippen molar-refractivity contribution in [3.63, 3.8) is 0 Å². The Hall–Kier alpha value is -3.32. The van der Waals surface area contributed by atoms with Crippen LogP contribution in [0, 0.1) is 0 Å². The van der Waals surface area contributed by atoms with Crippen LogP contribution in [0.1, 0.15) is 16.1 Å². The topological polar surface area (TPSA) is 100 Å². The van der Waals surface area contributed by atoms with Gasteiger partial charge < -0.3 is 15.7 Å². The van der Waals surface area contributed by atoms with Gasteiger partial charge in [-0.05, 0) is 24.3 Å². The third kappa shape index (κ3) is 3.71. The highest BCUT2D eigenvalue weighted by Gasteiger charge is 2.11. The van der Waals surface area contributed by atoms with Crippen LogP contribution in [0.25, 0.3) is 0 Å². The van der Waals surface area contributed by atoms with Gasteiger partial charge in [-0.2, -0.15) is 0 Å². The van der Waals surface area contributed by atoms with E-state index in [0.717, 1.165) is 5.69 Å². The van der Waals surface area contributed by atoms with Gasteiger partial charge in [-0.3, -0.25) is 9.78 Å². The van der Waals surface area contributed by atoms with Gasteiger partial charge >= 0.3 is 0 Å². The minimum absolute atomic E-state index is 0.158. The molecule has 0 aliphatic heterocycles. The van der Waals surface area contributed by atoms with Crippen LogP contribution in [0.2, 0.25) is 0 Å². The van der Waals surface area contributed by atoms with E-state index in [-0.39, 0.29) is 18.2 Å². The summed E-state index contributed by atoms with van der Waals surface area (Å²) in [4.78, 5) is 24.6. The number of hydrogen-bond donors (Lipinski definition) is 3. The fraction of sp³-hybridized carbons (Fsp3) is 0.0588. The van der Waals surface area contributed by atoms with Gasteiger partial charge in [0, 0.05) is 35.5 Å². The van der Waals surface area contributed by atoms with Gasteiger partial charge in [-0.1, -0.05) is 18.2 Å². The van der Waals surface area contributed by atoms with Crippen LogP contribution < -0.4 is 10.6 Å². The van der Waals surface area contributed by atoms with Crippen LogP contribution in [0.15, 0.2) is 61.1 Å². The molecule has 0 unspecified atom stereocenters. The number of anilines is 3. The third-order valence-corrected chi connectivity index (χ3v) is 3.26. The lowest BCUT2D eigenvalue weighted by Crippen LogP contribution is -2.15. The predicted octanol–water partition coefficient (Wildman–Crippen LogP) is 2.36. The monoisotopic (exact) mass is 321 g/mol. The molecule has 1 amide bonds. The molecule has 0 fully saturated rings. The van der Waals surface area contributed by atoms with Gasteiger partial charge in [-0.15, -0.1) is 0 Å². The van der Waals surface area contributed by atoms with Gasteiger partial charge in [0.25, 0.3) is 5.91 Å². The molecule has 0 radical (unpaired) electrons. The van der Waals surface area contributed by atoms with Crippen LogP contribution in [-0.2, 0) is 6.61 Å². The third-order valence-electron chi connectivity index (χ3n) is 3.26. The number of rotatable bonds is 5. The number of para-hydroxylation sites is 1. The summed E-state index contributed by atoms with van der Waals surface area (Å²) in [6, 6.07) is 12.1. The Morgan fingerprint density at radius 2 is 1.83 bits per heavy atom. The Labute approximate surface area is 138 Å². The molecular weight excluding hydrogens is 306 g/mol. The summed E-state index contributed by atoms with van der Waals surface area (Å²) in [5.41, 5.74) is 2.17. The van der Waals surface area contributed by atoms with Gasteiger partial charge in [0.2, 0.25) is 5.95 Å². The van der Waals surface area contributed by atoms with Crippen LogP contribution in [0.5, 0.6) is 0 Å². The molecule has 3 N–H and O–H groups in total. The first-order chi connectivity index (χ1) is 11.8. The number of pyridine rings is 1. The van der Waals surface area contributed by atoms with E-state index >= 15 is 0 Å². The highest BCUT2D eigenvalue weighted by atomic mass is 16.3. The van der Waals surface area contributed by atoms with Crippen molar-refractivity contribution in [2.24, 2.45) is 0 Å². The van der Waals surface area contributed by atoms with E-state index < -0.39 is 0 Å². The maximum atomic E-state index is 12.4. The number of aliphatic hydroxyl groups is 1. The number of hydrogen-bond acceptors (Lipinski definition) is 6. The van der Waals surface area contributed by atoms with Crippen LogP contribution in [-0.4, -0.2) is 26.0 Å². The second-order valence-corrected chi connectivity index (χ2v) is 4.90. The summed E-state index contributed by atoms with van der Waals surface area (Å²) in [5.74, 6) is -0.0691. The van der Waals surface area contributed by atoms with Crippen molar-refractivity contribution < 1.29 is 9.90 Å². The Bertz CT molecular complexity index is 839. The van der Waals surface area contributed by atoms with Crippen LogP contribution >= 0.6 is 0 Å². The fourth-order valence-electron chi connectivity index (χ4n) is 2.08. The second kappa shape index (κ2) is 7.30. The molecule has 24 heavy (non-hydrogen) atoms. The Kier molecular flexibility index (Phi) is 4.73. The number of amides is 1. The molecule has 2 aromatic heterocycles. The normalized spacial score (nSPS) is 10.2. The number of benzene rings is 1. The van der Waals surface area contributed by atoms with E-state index in [0.29, 0.717) is 17.2 Å². The van der Waals surface area contributed by atoms with Gasteiger partial charge in [0.15, 0.2) is 0 Å². The molecular formula is C17H15N5O2. The maximum absolute atomic E-state index is 12.4. The van der Waals surface area contributed by atoms with E-state index in [2.05, 4.69) is 25.6 Å². The fourth-order valence-corrected chi connectivity index (χ4v) is 2.08. The number of carbonyl (C=O) groups is 1. The largest absolute Gasteiger partial charge is 0.392 e. The number of carbonyl (C=O) groups excluding carboxylic acids is 1. The minimum Gasteiger partial charge on any atom is -0.392 e. The summed E-state index contributed by atoms with van der Waals surface area (Å²) in [7, 11) is 0. The molecule has 7 nitrogen and oxygen atoms in total. The number of aromatic nitrogens is 3. The standard InChI is InChI=1S/C17H15N5O2/c23-11-12-3-1-2-4-14(12)21-16(24)15-7-10-19-17(22-15)20-13-5-8-18-9-6-13/h1-10,23H,11H2,(H,21,24)(H,18,19,20,22). The first-order valence-electron chi connectivity index (χ1n) is 7.26. The average Bonchev–Trinajstić information content (AvgIpc) is 2.63. The summed E-state index contributed by atoms with van der Waals surface area (Å²) in [6.07, 6.45) is 4.79. The molecule has 3 rings (SSSR count). The summed E-state index contributed by atoms with van der Waals surface area (Å²) >= 11 is 0. The zero-order valence-corrected chi connectivity index (χ0v) is 12.7. The highest BCUT2D eigenvalue weighted by molar-refractivity contribution is 6.03. The average molecular weight is 321 g/mol. The predicted molar refractivity (Wildman–Crippen MR) is 89.9 cm³/mol. The van der Waals surface area contributed by atoms with Crippen LogP contribution in [0.3, 0.4) is 0 Å². The molecule has 0 saturated heterocycles. The molecule has 0 aliphatic carbocycles. The quantitative estimate of drug-likeness (QED) is 0.667. The Morgan fingerprint density at radius 3 is 2.62 bits per heavy atom. The molecule has 0 aliphatic rings. The summed E-state index contributed by atoms with van der Waals surface area (Å²) in [6.45, 7) is -0.158. The molecule has 0 bridgehead atoms. The SMILES string of the molecule is O=C(Nc1ccccc1CO)c1ccnc(Nc2ccncc2)n1. The first kappa shape index (κ1) is 15.6. The lowest BCUT2D eigenvalue weighted by atomic mass is 10.2. The van der Waals surface area contributed by atoms with E-state index in [1.54, 1.807) is 48.8 Å². The van der Waals surface area contributed by atoms with Crippen molar-refractivity contribution in [1.82, 2.24) is 15.0 Å². The van der Waals surface area contributed by atoms with Gasteiger partial charge in [0.05, 0.1) is 6.61 Å². The van der Waals surface area contributed by atoms with Crippen molar-refractivity contribution in [1.29, 1.82) is 0 Å². The van der Waals surface area contributed by atoms with E-state index in [1.165, 1.54) is 12.3 Å². The molecule has 3 aromatic rings. The molecule has 0 atom stereocenters. The molecule has 2 heterocycles. The first-order valence-corrected chi connectivity index (χ1v) is 7.26. The Morgan fingerprint density at radius 1 is 1.04 bits per heavy atom. The van der Waals surface area contributed by atoms with E-state index in [1.807, 2.05) is 0 Å². The smallest absolute Gasteiger partial charge is 0.274 e. The molecule has 0 spiro atoms. The van der Waals surface area contributed by atoms with Crippen molar-refractivity contribution >= 4 is 23.2 Å². The highest BCUT2D eigenvalue weighted by Crippen LogP contribution is 2.16. The minimum atomic E-state index is -0.379. The number of nitrogens with one attached hydrogen (secondary N) is 2. The van der Waals surface area contributed by atoms with Gasteiger partial charge in [0.1, 0.15) is 5.69 Å². The van der Waals surface area contributed by atoms with Gasteiger partial charge in [-0.25, -0.2) is 9.97 Å². The molecule has 0 saturated carbocycles. The molecule has 7 heteroatoms. The van der Waals surface area contributed by atoms with Crippen molar-refractivity contribution in [3.8, 4) is 0 Å². The molecule has 120 valence electrons. The van der Waals surface area contributed by atoms with Crippen molar-refractivity contribution in [2.45, 2.75) is 6.61 Å². The van der Waals surface area contributed by atoms with E-state index in [4.69, 9.17) is 0 Å². The second-order valence-electron chi connectivity index (χ2n) is 4.90. The maximum Gasteiger partial charge on any atom is 0.274 e. The summed E-state index contributed by atoms with van der Waals surface area (Å²) < 4.78 is 0. The lowest BCUT2D eigenvalue weighted by molar-refractivity contribution is 0.102. The zero-order chi connectivity index (χ0) is 16.8. The molecule has 1 aromatic carbocycles.